The lowest BCUT2D eigenvalue weighted by Gasteiger charge is -2.56. The SMILES string of the molecule is C=C(C)C(C(=O)O)C1C2CC3CC(C2)CC1C3. The Morgan fingerprint density at radius 2 is 1.59 bits per heavy atom. The van der Waals surface area contributed by atoms with Gasteiger partial charge in [-0.05, 0) is 68.6 Å². The van der Waals surface area contributed by atoms with E-state index < -0.39 is 5.97 Å². The van der Waals surface area contributed by atoms with E-state index in [1.54, 1.807) is 0 Å². The first kappa shape index (κ1) is 11.3. The Bertz CT molecular complexity index is 316. The summed E-state index contributed by atoms with van der Waals surface area (Å²) in [7, 11) is 0. The molecule has 0 radical (unpaired) electrons. The Labute approximate surface area is 103 Å². The van der Waals surface area contributed by atoms with Gasteiger partial charge in [0, 0.05) is 0 Å². The van der Waals surface area contributed by atoms with Gasteiger partial charge in [0.15, 0.2) is 0 Å². The summed E-state index contributed by atoms with van der Waals surface area (Å²) >= 11 is 0. The van der Waals surface area contributed by atoms with Gasteiger partial charge in [0.25, 0.3) is 0 Å². The molecule has 1 unspecified atom stereocenters. The zero-order chi connectivity index (χ0) is 12.2. The van der Waals surface area contributed by atoms with Crippen molar-refractivity contribution >= 4 is 5.97 Å². The molecule has 0 saturated heterocycles. The number of carboxylic acids is 1. The maximum Gasteiger partial charge on any atom is 0.310 e. The lowest BCUT2D eigenvalue weighted by atomic mass is 9.49. The summed E-state index contributed by atoms with van der Waals surface area (Å²) in [6.07, 6.45) is 6.57. The molecule has 4 fully saturated rings. The highest BCUT2D eigenvalue weighted by atomic mass is 16.4. The zero-order valence-corrected chi connectivity index (χ0v) is 10.6. The van der Waals surface area contributed by atoms with E-state index in [-0.39, 0.29) is 5.92 Å². The molecule has 4 aliphatic carbocycles. The van der Waals surface area contributed by atoms with Gasteiger partial charge in [0.1, 0.15) is 0 Å². The number of carboxylic acid groups (broad SMARTS) is 1. The van der Waals surface area contributed by atoms with Crippen molar-refractivity contribution < 1.29 is 9.90 Å². The fraction of sp³-hybridized carbons (Fsp3) is 0.800. The Morgan fingerprint density at radius 1 is 1.12 bits per heavy atom. The molecule has 0 aromatic heterocycles. The molecule has 94 valence electrons. The molecule has 0 heterocycles. The van der Waals surface area contributed by atoms with Crippen LogP contribution in [0.1, 0.15) is 39.0 Å². The van der Waals surface area contributed by atoms with E-state index in [0.29, 0.717) is 17.8 Å². The smallest absolute Gasteiger partial charge is 0.310 e. The van der Waals surface area contributed by atoms with Gasteiger partial charge in [-0.25, -0.2) is 0 Å². The molecule has 4 aliphatic rings. The minimum atomic E-state index is -0.644. The van der Waals surface area contributed by atoms with E-state index >= 15 is 0 Å². The number of rotatable bonds is 3. The minimum Gasteiger partial charge on any atom is -0.481 e. The molecule has 4 saturated carbocycles. The van der Waals surface area contributed by atoms with Gasteiger partial charge < -0.3 is 5.11 Å². The second kappa shape index (κ2) is 3.86. The van der Waals surface area contributed by atoms with Crippen LogP contribution in [0.5, 0.6) is 0 Å². The van der Waals surface area contributed by atoms with Gasteiger partial charge >= 0.3 is 5.97 Å². The lowest BCUT2D eigenvalue weighted by molar-refractivity contribution is -0.148. The second-order valence-corrected chi connectivity index (χ2v) is 6.67. The average molecular weight is 234 g/mol. The summed E-state index contributed by atoms with van der Waals surface area (Å²) in [6.45, 7) is 5.82. The van der Waals surface area contributed by atoms with Crippen molar-refractivity contribution in [2.24, 2.45) is 35.5 Å². The van der Waals surface area contributed by atoms with Gasteiger partial charge in [0.2, 0.25) is 0 Å². The Morgan fingerprint density at radius 3 is 1.94 bits per heavy atom. The molecule has 0 aromatic carbocycles. The minimum absolute atomic E-state index is 0.287. The molecule has 1 atom stereocenters. The van der Waals surface area contributed by atoms with Gasteiger partial charge in [-0.3, -0.25) is 4.79 Å². The summed E-state index contributed by atoms with van der Waals surface area (Å²) in [4.78, 5) is 11.5. The standard InChI is InChI=1S/C15H22O2/c1-8(2)13(15(16)17)14-11-4-9-3-10(6-11)7-12(14)5-9/h9-14H,1,3-7H2,2H3,(H,16,17). The molecule has 0 aliphatic heterocycles. The first-order valence-electron chi connectivity index (χ1n) is 6.94. The maximum atomic E-state index is 11.5. The van der Waals surface area contributed by atoms with Crippen LogP contribution in [0, 0.1) is 35.5 Å². The van der Waals surface area contributed by atoms with Gasteiger partial charge in [0.05, 0.1) is 5.92 Å². The summed E-state index contributed by atoms with van der Waals surface area (Å²) < 4.78 is 0. The molecular weight excluding hydrogens is 212 g/mol. The quantitative estimate of drug-likeness (QED) is 0.760. The average Bonchev–Trinajstić information content (AvgIpc) is 2.20. The summed E-state index contributed by atoms with van der Waals surface area (Å²) in [5.74, 6) is 2.62. The van der Waals surface area contributed by atoms with Crippen LogP contribution in [-0.2, 0) is 4.79 Å². The maximum absolute atomic E-state index is 11.5. The third kappa shape index (κ3) is 1.73. The second-order valence-electron chi connectivity index (χ2n) is 6.67. The molecule has 2 nitrogen and oxygen atoms in total. The van der Waals surface area contributed by atoms with Crippen molar-refractivity contribution in [2.75, 3.05) is 0 Å². The van der Waals surface area contributed by atoms with Crippen molar-refractivity contribution in [2.45, 2.75) is 39.0 Å². The third-order valence-corrected chi connectivity index (χ3v) is 5.48. The number of hydrogen-bond acceptors (Lipinski definition) is 1. The largest absolute Gasteiger partial charge is 0.481 e. The van der Waals surface area contributed by atoms with Crippen molar-refractivity contribution in [1.82, 2.24) is 0 Å². The third-order valence-electron chi connectivity index (χ3n) is 5.48. The summed E-state index contributed by atoms with van der Waals surface area (Å²) in [6, 6.07) is 0. The Balaban J connectivity index is 1.88. The van der Waals surface area contributed by atoms with Crippen molar-refractivity contribution in [3.05, 3.63) is 12.2 Å². The van der Waals surface area contributed by atoms with Crippen molar-refractivity contribution in [3.63, 3.8) is 0 Å². The highest BCUT2D eigenvalue weighted by Gasteiger charge is 2.52. The van der Waals surface area contributed by atoms with Crippen LogP contribution in [0.3, 0.4) is 0 Å². The zero-order valence-electron chi connectivity index (χ0n) is 10.6. The molecule has 0 amide bonds. The molecule has 4 rings (SSSR count). The van der Waals surface area contributed by atoms with Crippen LogP contribution in [0.2, 0.25) is 0 Å². The van der Waals surface area contributed by atoms with Crippen molar-refractivity contribution in [3.8, 4) is 0 Å². The highest BCUT2D eigenvalue weighted by molar-refractivity contribution is 5.73. The molecule has 1 N–H and O–H groups in total. The van der Waals surface area contributed by atoms with Crippen LogP contribution in [0.15, 0.2) is 12.2 Å². The van der Waals surface area contributed by atoms with Crippen LogP contribution in [0.4, 0.5) is 0 Å². The Kier molecular flexibility index (Phi) is 2.57. The monoisotopic (exact) mass is 234 g/mol. The molecule has 17 heavy (non-hydrogen) atoms. The molecule has 2 heteroatoms. The predicted molar refractivity (Wildman–Crippen MR) is 66.5 cm³/mol. The van der Waals surface area contributed by atoms with E-state index in [0.717, 1.165) is 17.4 Å². The lowest BCUT2D eigenvalue weighted by Crippen LogP contribution is -2.49. The molecular formula is C15H22O2. The summed E-state index contributed by atoms with van der Waals surface area (Å²) in [5.41, 5.74) is 0.856. The van der Waals surface area contributed by atoms with Crippen LogP contribution in [0.25, 0.3) is 0 Å². The number of hydrogen-bond donors (Lipinski definition) is 1. The fourth-order valence-corrected chi connectivity index (χ4v) is 5.22. The van der Waals surface area contributed by atoms with E-state index in [1.807, 2.05) is 6.92 Å². The van der Waals surface area contributed by atoms with Crippen LogP contribution >= 0.6 is 0 Å². The van der Waals surface area contributed by atoms with E-state index in [2.05, 4.69) is 6.58 Å². The van der Waals surface area contributed by atoms with Crippen LogP contribution in [-0.4, -0.2) is 11.1 Å². The normalized spacial score (nSPS) is 44.6. The van der Waals surface area contributed by atoms with Gasteiger partial charge in [-0.2, -0.15) is 0 Å². The summed E-state index contributed by atoms with van der Waals surface area (Å²) in [5, 5.41) is 9.47. The van der Waals surface area contributed by atoms with Crippen molar-refractivity contribution in [1.29, 1.82) is 0 Å². The molecule has 0 spiro atoms. The van der Waals surface area contributed by atoms with Gasteiger partial charge in [-0.15, -0.1) is 0 Å². The predicted octanol–water partition coefficient (Wildman–Crippen LogP) is 3.34. The molecule has 4 bridgehead atoms. The number of carbonyl (C=O) groups is 1. The van der Waals surface area contributed by atoms with E-state index in [4.69, 9.17) is 0 Å². The first-order valence-corrected chi connectivity index (χ1v) is 6.94. The first-order chi connectivity index (χ1) is 8.06. The number of aliphatic carboxylic acids is 1. The topological polar surface area (TPSA) is 37.3 Å². The highest BCUT2D eigenvalue weighted by Crippen LogP contribution is 2.59. The molecule has 0 aromatic rings. The fourth-order valence-electron chi connectivity index (χ4n) is 5.22. The van der Waals surface area contributed by atoms with Gasteiger partial charge in [-0.1, -0.05) is 12.2 Å². The van der Waals surface area contributed by atoms with E-state index in [1.165, 1.54) is 32.1 Å². The van der Waals surface area contributed by atoms with E-state index in [9.17, 15) is 9.90 Å². The van der Waals surface area contributed by atoms with Crippen LogP contribution < -0.4 is 0 Å². The Hall–Kier alpha value is -0.790.